The zero-order chi connectivity index (χ0) is 25.5. The second kappa shape index (κ2) is 12.6. The van der Waals surface area contributed by atoms with E-state index in [1.165, 1.54) is 0 Å². The first-order valence-electron chi connectivity index (χ1n) is 12.2. The molecule has 36 heavy (non-hydrogen) atoms. The molecule has 0 radical (unpaired) electrons. The van der Waals surface area contributed by atoms with Crippen LogP contribution in [0.1, 0.15) is 42.4 Å². The van der Waals surface area contributed by atoms with Crippen LogP contribution < -0.4 is 5.32 Å². The minimum Gasteiger partial charge on any atom is -0.352 e. The summed E-state index contributed by atoms with van der Waals surface area (Å²) in [5.41, 5.74) is 2.41. The van der Waals surface area contributed by atoms with Gasteiger partial charge in [0, 0.05) is 34.1 Å². The number of carbonyl (C=O) groups is 2. The smallest absolute Gasteiger partial charge is 0.243 e. The van der Waals surface area contributed by atoms with Crippen LogP contribution in [-0.4, -0.2) is 28.8 Å². The van der Waals surface area contributed by atoms with E-state index in [0.29, 0.717) is 27.1 Å². The van der Waals surface area contributed by atoms with Gasteiger partial charge in [0.15, 0.2) is 0 Å². The number of nitrogens with zero attached hydrogens (tertiary/aromatic N) is 1. The lowest BCUT2D eigenvalue weighted by molar-refractivity contribution is -0.141. The van der Waals surface area contributed by atoms with Crippen molar-refractivity contribution in [2.75, 3.05) is 0 Å². The van der Waals surface area contributed by atoms with Gasteiger partial charge < -0.3 is 10.2 Å². The Labute approximate surface area is 227 Å². The van der Waals surface area contributed by atoms with E-state index in [2.05, 4.69) is 5.32 Å². The van der Waals surface area contributed by atoms with Crippen molar-refractivity contribution in [3.63, 3.8) is 0 Å². The van der Waals surface area contributed by atoms with Crippen molar-refractivity contribution >= 4 is 46.6 Å². The average molecular weight is 544 g/mol. The first kappa shape index (κ1) is 26.5. The van der Waals surface area contributed by atoms with Gasteiger partial charge in [-0.25, -0.2) is 0 Å². The number of rotatable bonds is 9. The third kappa shape index (κ3) is 7.03. The molecule has 0 saturated heterocycles. The summed E-state index contributed by atoms with van der Waals surface area (Å²) in [4.78, 5) is 29.2. The zero-order valence-corrected chi connectivity index (χ0v) is 22.2. The van der Waals surface area contributed by atoms with E-state index >= 15 is 0 Å². The van der Waals surface area contributed by atoms with Crippen LogP contribution in [0.3, 0.4) is 0 Å². The Kier molecular flexibility index (Phi) is 9.30. The predicted molar refractivity (Wildman–Crippen MR) is 147 cm³/mol. The summed E-state index contributed by atoms with van der Waals surface area (Å²) in [6, 6.07) is 21.7. The summed E-state index contributed by atoms with van der Waals surface area (Å²) in [6.45, 7) is 0.208. The average Bonchev–Trinajstić information content (AvgIpc) is 3.37. The van der Waals surface area contributed by atoms with Crippen molar-refractivity contribution < 1.29 is 9.59 Å². The molecule has 188 valence electrons. The number of carbonyl (C=O) groups excluding carboxylic acids is 2. The van der Waals surface area contributed by atoms with Gasteiger partial charge in [0.05, 0.1) is 6.42 Å². The maximum atomic E-state index is 13.8. The van der Waals surface area contributed by atoms with E-state index in [4.69, 9.17) is 34.8 Å². The van der Waals surface area contributed by atoms with Crippen LogP contribution in [0.25, 0.3) is 0 Å². The lowest BCUT2D eigenvalue weighted by atomic mass is 10.0. The highest BCUT2D eigenvalue weighted by molar-refractivity contribution is 6.35. The van der Waals surface area contributed by atoms with Crippen molar-refractivity contribution in [1.82, 2.24) is 10.2 Å². The molecule has 3 aromatic rings. The van der Waals surface area contributed by atoms with Gasteiger partial charge in [-0.1, -0.05) is 102 Å². The van der Waals surface area contributed by atoms with Crippen molar-refractivity contribution in [2.45, 2.75) is 57.2 Å². The lowest BCUT2D eigenvalue weighted by Gasteiger charge is -2.33. The number of nitrogens with one attached hydrogen (secondary N) is 1. The molecule has 0 unspecified atom stereocenters. The summed E-state index contributed by atoms with van der Waals surface area (Å²) in [5.74, 6) is -0.352. The maximum absolute atomic E-state index is 13.8. The Balaban J connectivity index is 1.68. The monoisotopic (exact) mass is 542 g/mol. The predicted octanol–water partition coefficient (Wildman–Crippen LogP) is 6.89. The SMILES string of the molecule is O=C(NC1CCCC1)[C@@H](Cc1ccccc1)N(Cc1ccccc1Cl)C(=O)Cc1ccc(Cl)cc1Cl. The Hall–Kier alpha value is -2.53. The first-order chi connectivity index (χ1) is 17.4. The van der Waals surface area contributed by atoms with E-state index in [1.807, 2.05) is 48.5 Å². The van der Waals surface area contributed by atoms with Crippen LogP contribution in [-0.2, 0) is 29.0 Å². The van der Waals surface area contributed by atoms with Gasteiger partial charge in [0.25, 0.3) is 0 Å². The molecular weight excluding hydrogens is 515 g/mol. The number of amides is 2. The molecule has 1 saturated carbocycles. The van der Waals surface area contributed by atoms with Crippen molar-refractivity contribution in [1.29, 1.82) is 0 Å². The van der Waals surface area contributed by atoms with Gasteiger partial charge in [-0.3, -0.25) is 9.59 Å². The summed E-state index contributed by atoms with van der Waals surface area (Å²) < 4.78 is 0. The van der Waals surface area contributed by atoms with Crippen LogP contribution in [0.15, 0.2) is 72.8 Å². The number of hydrogen-bond donors (Lipinski definition) is 1. The van der Waals surface area contributed by atoms with Gasteiger partial charge in [-0.05, 0) is 47.7 Å². The zero-order valence-electron chi connectivity index (χ0n) is 19.9. The second-order valence-corrected chi connectivity index (χ2v) is 10.5. The molecule has 0 aliphatic heterocycles. The Morgan fingerprint density at radius 3 is 2.25 bits per heavy atom. The molecular formula is C29H29Cl3N2O2. The number of hydrogen-bond acceptors (Lipinski definition) is 2. The maximum Gasteiger partial charge on any atom is 0.243 e. The van der Waals surface area contributed by atoms with Gasteiger partial charge in [-0.15, -0.1) is 0 Å². The van der Waals surface area contributed by atoms with Gasteiger partial charge in [0.2, 0.25) is 11.8 Å². The van der Waals surface area contributed by atoms with E-state index in [0.717, 1.165) is 36.8 Å². The molecule has 1 aliphatic rings. The number of halogens is 3. The van der Waals surface area contributed by atoms with Gasteiger partial charge in [-0.2, -0.15) is 0 Å². The molecule has 0 bridgehead atoms. The van der Waals surface area contributed by atoms with Crippen LogP contribution in [0, 0.1) is 0 Å². The molecule has 0 spiro atoms. The van der Waals surface area contributed by atoms with Crippen molar-refractivity contribution in [3.05, 3.63) is 105 Å². The van der Waals surface area contributed by atoms with Gasteiger partial charge in [0.1, 0.15) is 6.04 Å². The van der Waals surface area contributed by atoms with Gasteiger partial charge >= 0.3 is 0 Å². The second-order valence-electron chi connectivity index (χ2n) is 9.22. The highest BCUT2D eigenvalue weighted by Gasteiger charge is 2.32. The molecule has 4 rings (SSSR count). The minimum absolute atomic E-state index is 0.0441. The van der Waals surface area contributed by atoms with Crippen LogP contribution >= 0.6 is 34.8 Å². The molecule has 1 N–H and O–H groups in total. The normalized spacial score (nSPS) is 14.4. The van der Waals surface area contributed by atoms with Crippen LogP contribution in [0.5, 0.6) is 0 Å². The largest absolute Gasteiger partial charge is 0.352 e. The molecule has 1 atom stereocenters. The molecule has 1 fully saturated rings. The summed E-state index contributed by atoms with van der Waals surface area (Å²) in [6.07, 6.45) is 4.56. The lowest BCUT2D eigenvalue weighted by Crippen LogP contribution is -2.52. The van der Waals surface area contributed by atoms with Crippen molar-refractivity contribution in [3.8, 4) is 0 Å². The topological polar surface area (TPSA) is 49.4 Å². The third-order valence-electron chi connectivity index (χ3n) is 6.63. The first-order valence-corrected chi connectivity index (χ1v) is 13.3. The van der Waals surface area contributed by atoms with Crippen LogP contribution in [0.4, 0.5) is 0 Å². The molecule has 7 heteroatoms. The highest BCUT2D eigenvalue weighted by Crippen LogP contribution is 2.25. The third-order valence-corrected chi connectivity index (χ3v) is 7.58. The van der Waals surface area contributed by atoms with Crippen LogP contribution in [0.2, 0.25) is 15.1 Å². The molecule has 4 nitrogen and oxygen atoms in total. The minimum atomic E-state index is -0.706. The highest BCUT2D eigenvalue weighted by atomic mass is 35.5. The van der Waals surface area contributed by atoms with E-state index in [-0.39, 0.29) is 30.8 Å². The van der Waals surface area contributed by atoms with E-state index in [1.54, 1.807) is 29.2 Å². The fourth-order valence-electron chi connectivity index (χ4n) is 4.66. The fourth-order valence-corrected chi connectivity index (χ4v) is 5.33. The summed E-state index contributed by atoms with van der Waals surface area (Å²) in [7, 11) is 0. The Morgan fingerprint density at radius 1 is 0.861 bits per heavy atom. The molecule has 2 amide bonds. The number of benzene rings is 3. The Morgan fingerprint density at radius 2 is 1.56 bits per heavy atom. The quantitative estimate of drug-likeness (QED) is 0.319. The molecule has 0 aromatic heterocycles. The summed E-state index contributed by atoms with van der Waals surface area (Å²) >= 11 is 18.9. The molecule has 0 heterocycles. The molecule has 1 aliphatic carbocycles. The Bertz CT molecular complexity index is 1200. The fraction of sp³-hybridized carbons (Fsp3) is 0.310. The van der Waals surface area contributed by atoms with Crippen molar-refractivity contribution in [2.24, 2.45) is 0 Å². The van der Waals surface area contributed by atoms with E-state index < -0.39 is 6.04 Å². The van der Waals surface area contributed by atoms with E-state index in [9.17, 15) is 9.59 Å². The standard InChI is InChI=1S/C29H29Cl3N2O2/c30-23-15-14-21(26(32)18-23)17-28(35)34(19-22-10-4-7-13-25(22)31)27(16-20-8-2-1-3-9-20)29(36)33-24-11-5-6-12-24/h1-4,7-10,13-15,18,24,27H,5-6,11-12,16-17,19H2,(H,33,36)/t27-/m1/s1. The molecule has 3 aromatic carbocycles. The summed E-state index contributed by atoms with van der Waals surface area (Å²) in [5, 5.41) is 4.68.